The minimum Gasteiger partial charge on any atom is -0.397 e. The summed E-state index contributed by atoms with van der Waals surface area (Å²) in [6.45, 7) is 1.44. The van der Waals surface area contributed by atoms with Gasteiger partial charge in [0.25, 0.3) is 5.69 Å². The van der Waals surface area contributed by atoms with Crippen molar-refractivity contribution < 1.29 is 9.72 Å². The fourth-order valence-electron chi connectivity index (χ4n) is 2.53. The molecule has 2 rings (SSSR count). The van der Waals surface area contributed by atoms with E-state index in [1.165, 1.54) is 12.1 Å². The van der Waals surface area contributed by atoms with Gasteiger partial charge in [0.05, 0.1) is 16.3 Å². The number of nitrogens with zero attached hydrogens (tertiary/aromatic N) is 2. The highest BCUT2D eigenvalue weighted by molar-refractivity contribution is 5.79. The molecule has 3 N–H and O–H groups in total. The number of nitro benzene ring substituents is 1. The first-order valence-electron chi connectivity index (χ1n) is 6.53. The van der Waals surface area contributed by atoms with Crippen molar-refractivity contribution in [2.45, 2.75) is 12.8 Å². The molecule has 0 atom stereocenters. The Kier molecular flexibility index (Phi) is 4.07. The van der Waals surface area contributed by atoms with E-state index < -0.39 is 4.92 Å². The number of hydrogen-bond acceptors (Lipinski definition) is 5. The Morgan fingerprint density at radius 1 is 1.45 bits per heavy atom. The molecule has 0 bridgehead atoms. The van der Waals surface area contributed by atoms with Gasteiger partial charge in [-0.1, -0.05) is 0 Å². The lowest BCUT2D eigenvalue weighted by Gasteiger charge is -2.33. The van der Waals surface area contributed by atoms with E-state index in [1.54, 1.807) is 13.1 Å². The summed E-state index contributed by atoms with van der Waals surface area (Å²) in [7, 11) is 1.64. The number of nitrogens with two attached hydrogens (primary N) is 1. The number of carbonyl (C=O) groups is 1. The molecule has 0 spiro atoms. The molecule has 1 saturated heterocycles. The van der Waals surface area contributed by atoms with Gasteiger partial charge in [-0.15, -0.1) is 0 Å². The Balaban J connectivity index is 2.07. The first-order valence-corrected chi connectivity index (χ1v) is 6.53. The quantitative estimate of drug-likeness (QED) is 0.490. The van der Waals surface area contributed by atoms with E-state index in [0.29, 0.717) is 5.69 Å². The topological polar surface area (TPSA) is 102 Å². The molecule has 0 radical (unpaired) electrons. The van der Waals surface area contributed by atoms with Crippen LogP contribution >= 0.6 is 0 Å². The molecule has 1 aliphatic rings. The minimum atomic E-state index is -0.460. The largest absolute Gasteiger partial charge is 0.397 e. The van der Waals surface area contributed by atoms with Crippen molar-refractivity contribution in [3.63, 3.8) is 0 Å². The van der Waals surface area contributed by atoms with Gasteiger partial charge in [0, 0.05) is 38.2 Å². The third-order valence-electron chi connectivity index (χ3n) is 3.67. The summed E-state index contributed by atoms with van der Waals surface area (Å²) >= 11 is 0. The Morgan fingerprint density at radius 3 is 2.60 bits per heavy atom. The third kappa shape index (κ3) is 2.81. The summed E-state index contributed by atoms with van der Waals surface area (Å²) in [5, 5.41) is 13.3. The normalized spacial score (nSPS) is 15.9. The smallest absolute Gasteiger partial charge is 0.271 e. The van der Waals surface area contributed by atoms with Gasteiger partial charge in [0.2, 0.25) is 5.91 Å². The molecule has 0 unspecified atom stereocenters. The first kappa shape index (κ1) is 14.1. The van der Waals surface area contributed by atoms with Crippen LogP contribution in [0.2, 0.25) is 0 Å². The molecule has 1 amide bonds. The van der Waals surface area contributed by atoms with Crippen LogP contribution in [0.5, 0.6) is 0 Å². The van der Waals surface area contributed by atoms with Gasteiger partial charge in [-0.3, -0.25) is 14.9 Å². The second-order valence-corrected chi connectivity index (χ2v) is 4.88. The highest BCUT2D eigenvalue weighted by atomic mass is 16.6. The number of benzene rings is 1. The fraction of sp³-hybridized carbons (Fsp3) is 0.462. The van der Waals surface area contributed by atoms with Gasteiger partial charge in [-0.2, -0.15) is 0 Å². The number of rotatable bonds is 3. The van der Waals surface area contributed by atoms with Gasteiger partial charge in [-0.05, 0) is 18.9 Å². The highest BCUT2D eigenvalue weighted by Gasteiger charge is 2.25. The lowest BCUT2D eigenvalue weighted by molar-refractivity contribution is -0.384. The number of nitro groups is 1. The Morgan fingerprint density at radius 2 is 2.10 bits per heavy atom. The van der Waals surface area contributed by atoms with Gasteiger partial charge in [-0.25, -0.2) is 0 Å². The van der Waals surface area contributed by atoms with E-state index in [4.69, 9.17) is 5.73 Å². The van der Waals surface area contributed by atoms with Gasteiger partial charge < -0.3 is 16.0 Å². The Hall–Kier alpha value is -2.31. The second kappa shape index (κ2) is 5.77. The molecule has 1 aromatic rings. The maximum Gasteiger partial charge on any atom is 0.271 e. The molecule has 7 nitrogen and oxygen atoms in total. The summed E-state index contributed by atoms with van der Waals surface area (Å²) in [5.41, 5.74) is 7.08. The van der Waals surface area contributed by atoms with Crippen LogP contribution in [-0.4, -0.2) is 31.0 Å². The van der Waals surface area contributed by atoms with Crippen LogP contribution in [0, 0.1) is 16.0 Å². The van der Waals surface area contributed by atoms with Gasteiger partial charge in [0.15, 0.2) is 0 Å². The summed E-state index contributed by atoms with van der Waals surface area (Å²) in [4.78, 5) is 23.9. The molecule has 1 aromatic carbocycles. The maximum absolute atomic E-state index is 11.6. The van der Waals surface area contributed by atoms with Crippen LogP contribution in [0.25, 0.3) is 0 Å². The number of anilines is 2. The summed E-state index contributed by atoms with van der Waals surface area (Å²) in [6.07, 6.45) is 1.52. The van der Waals surface area contributed by atoms with Crippen molar-refractivity contribution >= 4 is 23.0 Å². The van der Waals surface area contributed by atoms with Gasteiger partial charge in [0.1, 0.15) is 0 Å². The molecule has 0 saturated carbocycles. The van der Waals surface area contributed by atoms with Crippen molar-refractivity contribution in [1.29, 1.82) is 0 Å². The van der Waals surface area contributed by atoms with E-state index in [9.17, 15) is 14.9 Å². The lowest BCUT2D eigenvalue weighted by Crippen LogP contribution is -2.39. The zero-order valence-corrected chi connectivity index (χ0v) is 11.3. The number of non-ortho nitro benzene ring substituents is 1. The van der Waals surface area contributed by atoms with Crippen molar-refractivity contribution in [1.82, 2.24) is 5.32 Å². The van der Waals surface area contributed by atoms with Gasteiger partial charge >= 0.3 is 0 Å². The highest BCUT2D eigenvalue weighted by Crippen LogP contribution is 2.30. The van der Waals surface area contributed by atoms with Crippen LogP contribution in [0.15, 0.2) is 18.2 Å². The molecular formula is C13H18N4O3. The average Bonchev–Trinajstić information content (AvgIpc) is 2.46. The average molecular weight is 278 g/mol. The lowest BCUT2D eigenvalue weighted by atomic mass is 9.95. The van der Waals surface area contributed by atoms with Crippen molar-refractivity contribution in [2.75, 3.05) is 30.8 Å². The minimum absolute atomic E-state index is 0.00787. The molecule has 7 heteroatoms. The molecule has 1 aliphatic heterocycles. The number of nitrogen functional groups attached to an aromatic ring is 1. The van der Waals surface area contributed by atoms with E-state index >= 15 is 0 Å². The first-order chi connectivity index (χ1) is 9.52. The zero-order chi connectivity index (χ0) is 14.7. The van der Waals surface area contributed by atoms with Crippen LogP contribution in [0.3, 0.4) is 0 Å². The standard InChI is InChI=1S/C13H18N4O3/c1-15-13(18)9-4-6-16(7-5-9)12-3-2-10(17(19)20)8-11(12)14/h2-3,8-9H,4-7,14H2,1H3,(H,15,18). The number of amides is 1. The number of nitrogens with one attached hydrogen (secondary N) is 1. The molecule has 1 fully saturated rings. The summed E-state index contributed by atoms with van der Waals surface area (Å²) in [6, 6.07) is 4.50. The maximum atomic E-state index is 11.6. The predicted octanol–water partition coefficient (Wildman–Crippen LogP) is 1.14. The fourth-order valence-corrected chi connectivity index (χ4v) is 2.53. The van der Waals surface area contributed by atoms with E-state index in [1.807, 2.05) is 0 Å². The molecular weight excluding hydrogens is 260 g/mol. The second-order valence-electron chi connectivity index (χ2n) is 4.88. The summed E-state index contributed by atoms with van der Waals surface area (Å²) in [5.74, 6) is 0.108. The third-order valence-corrected chi connectivity index (χ3v) is 3.67. The number of hydrogen-bond donors (Lipinski definition) is 2. The predicted molar refractivity (Wildman–Crippen MR) is 76.5 cm³/mol. The zero-order valence-electron chi connectivity index (χ0n) is 11.3. The SMILES string of the molecule is CNC(=O)C1CCN(c2ccc([N+](=O)[O-])cc2N)CC1. The van der Waals surface area contributed by atoms with Crippen LogP contribution in [-0.2, 0) is 4.79 Å². The van der Waals surface area contributed by atoms with Crippen LogP contribution < -0.4 is 16.0 Å². The molecule has 108 valence electrons. The molecule has 1 heterocycles. The number of piperidine rings is 1. The van der Waals surface area contributed by atoms with E-state index in [-0.39, 0.29) is 17.5 Å². The van der Waals surface area contributed by atoms with E-state index in [2.05, 4.69) is 10.2 Å². The Labute approximate surface area is 116 Å². The molecule has 20 heavy (non-hydrogen) atoms. The van der Waals surface area contributed by atoms with E-state index in [0.717, 1.165) is 31.6 Å². The Bertz CT molecular complexity index is 524. The number of carbonyl (C=O) groups excluding carboxylic acids is 1. The molecule has 0 aliphatic carbocycles. The summed E-state index contributed by atoms with van der Waals surface area (Å²) < 4.78 is 0. The van der Waals surface area contributed by atoms with Crippen molar-refractivity contribution in [3.05, 3.63) is 28.3 Å². The van der Waals surface area contributed by atoms with Crippen molar-refractivity contribution in [3.8, 4) is 0 Å². The van der Waals surface area contributed by atoms with Crippen molar-refractivity contribution in [2.24, 2.45) is 5.92 Å². The molecule has 0 aromatic heterocycles. The monoisotopic (exact) mass is 278 g/mol. The van der Waals surface area contributed by atoms with Crippen LogP contribution in [0.1, 0.15) is 12.8 Å². The van der Waals surface area contributed by atoms with Crippen LogP contribution in [0.4, 0.5) is 17.1 Å².